The van der Waals surface area contributed by atoms with Crippen LogP contribution in [0.4, 0.5) is 5.69 Å². The Morgan fingerprint density at radius 2 is 1.96 bits per heavy atom. The van der Waals surface area contributed by atoms with E-state index >= 15 is 0 Å². The third-order valence-corrected chi connectivity index (χ3v) is 4.84. The average Bonchev–Trinajstić information content (AvgIpc) is 3.17. The van der Waals surface area contributed by atoms with E-state index in [1.54, 1.807) is 0 Å². The van der Waals surface area contributed by atoms with Crippen molar-refractivity contribution in [1.82, 2.24) is 9.88 Å². The number of anilines is 1. The van der Waals surface area contributed by atoms with Crippen molar-refractivity contribution >= 4 is 23.0 Å². The van der Waals surface area contributed by atoms with Crippen LogP contribution in [0, 0.1) is 0 Å². The average molecular weight is 356 g/mol. The van der Waals surface area contributed by atoms with Crippen molar-refractivity contribution in [3.63, 3.8) is 0 Å². The largest absolute Gasteiger partial charge is 0.494 e. The molecule has 132 valence electrons. The summed E-state index contributed by atoms with van der Waals surface area (Å²) in [5, 5.41) is 4.15. The molecule has 0 unspecified atom stereocenters. The van der Waals surface area contributed by atoms with Gasteiger partial charge in [0.05, 0.1) is 18.8 Å². The van der Waals surface area contributed by atoms with Crippen molar-refractivity contribution in [3.8, 4) is 5.75 Å². The molecule has 0 spiro atoms. The summed E-state index contributed by atoms with van der Waals surface area (Å²) < 4.78 is 5.49. The van der Waals surface area contributed by atoms with Gasteiger partial charge in [0.2, 0.25) is 0 Å². The molecule has 5 heteroatoms. The first-order chi connectivity index (χ1) is 12.3. The van der Waals surface area contributed by atoms with Crippen molar-refractivity contribution in [1.29, 1.82) is 0 Å². The number of thiocarbonyl (C=S) groups is 1. The fraction of sp³-hybridized carbons (Fsp3) is 0.400. The fourth-order valence-electron chi connectivity index (χ4n) is 3.25. The Labute approximate surface area is 155 Å². The molecule has 0 atom stereocenters. The third-order valence-electron chi connectivity index (χ3n) is 4.50. The minimum Gasteiger partial charge on any atom is -0.494 e. The van der Waals surface area contributed by atoms with Crippen LogP contribution >= 0.6 is 12.2 Å². The second-order valence-electron chi connectivity index (χ2n) is 6.27. The molecule has 1 N–H and O–H groups in total. The molecule has 0 bridgehead atoms. The van der Waals surface area contributed by atoms with E-state index in [0.29, 0.717) is 12.6 Å². The van der Waals surface area contributed by atoms with E-state index in [2.05, 4.69) is 21.3 Å². The highest BCUT2D eigenvalue weighted by Crippen LogP contribution is 2.26. The Morgan fingerprint density at radius 3 is 2.60 bits per heavy atom. The SMILES string of the molecule is CCOc1ccc(NC(=S)N(Cc2ccccn2)C2CCCC2)cc1. The molecule has 1 aromatic carbocycles. The molecule has 0 saturated heterocycles. The van der Waals surface area contributed by atoms with E-state index in [1.165, 1.54) is 25.7 Å². The monoisotopic (exact) mass is 355 g/mol. The second kappa shape index (κ2) is 8.81. The van der Waals surface area contributed by atoms with Crippen molar-refractivity contribution in [2.75, 3.05) is 11.9 Å². The molecule has 0 radical (unpaired) electrons. The minimum absolute atomic E-state index is 0.490. The lowest BCUT2D eigenvalue weighted by Crippen LogP contribution is -2.41. The van der Waals surface area contributed by atoms with Crippen molar-refractivity contribution < 1.29 is 4.74 Å². The molecule has 1 fully saturated rings. The molecule has 1 saturated carbocycles. The predicted molar refractivity (Wildman–Crippen MR) is 106 cm³/mol. The number of nitrogens with one attached hydrogen (secondary N) is 1. The van der Waals surface area contributed by atoms with Crippen LogP contribution in [0.5, 0.6) is 5.75 Å². The predicted octanol–water partition coefficient (Wildman–Crippen LogP) is 4.62. The van der Waals surface area contributed by atoms with Crippen molar-refractivity contribution in [2.45, 2.75) is 45.2 Å². The van der Waals surface area contributed by atoms with E-state index < -0.39 is 0 Å². The van der Waals surface area contributed by atoms with Gasteiger partial charge >= 0.3 is 0 Å². The van der Waals surface area contributed by atoms with Crippen LogP contribution in [0.1, 0.15) is 38.3 Å². The van der Waals surface area contributed by atoms with Gasteiger partial charge in [-0.2, -0.15) is 0 Å². The molecule has 25 heavy (non-hydrogen) atoms. The van der Waals surface area contributed by atoms with Crippen molar-refractivity contribution in [3.05, 3.63) is 54.4 Å². The second-order valence-corrected chi connectivity index (χ2v) is 6.66. The molecule has 4 nitrogen and oxygen atoms in total. The smallest absolute Gasteiger partial charge is 0.174 e. The molecule has 0 aliphatic heterocycles. The van der Waals surface area contributed by atoms with E-state index in [1.807, 2.05) is 49.5 Å². The number of nitrogens with zero attached hydrogens (tertiary/aromatic N) is 2. The van der Waals surface area contributed by atoms with Crippen LogP contribution in [0.15, 0.2) is 48.7 Å². The maximum atomic E-state index is 5.73. The first-order valence-electron chi connectivity index (χ1n) is 8.96. The Balaban J connectivity index is 1.69. The molecule has 3 rings (SSSR count). The van der Waals surface area contributed by atoms with Gasteiger partial charge in [0.15, 0.2) is 5.11 Å². The maximum absolute atomic E-state index is 5.73. The molecule has 1 aromatic heterocycles. The first-order valence-corrected chi connectivity index (χ1v) is 9.37. The summed E-state index contributed by atoms with van der Waals surface area (Å²) in [7, 11) is 0. The zero-order valence-electron chi connectivity index (χ0n) is 14.6. The quantitative estimate of drug-likeness (QED) is 0.765. The third kappa shape index (κ3) is 4.92. The highest BCUT2D eigenvalue weighted by atomic mass is 32.1. The summed E-state index contributed by atoms with van der Waals surface area (Å²) in [6.07, 6.45) is 6.77. The lowest BCUT2D eigenvalue weighted by Gasteiger charge is -2.31. The van der Waals surface area contributed by atoms with Gasteiger partial charge in [-0.15, -0.1) is 0 Å². The highest BCUT2D eigenvalue weighted by molar-refractivity contribution is 7.80. The summed E-state index contributed by atoms with van der Waals surface area (Å²) in [6.45, 7) is 3.40. The van der Waals surface area contributed by atoms with Crippen LogP contribution in [-0.2, 0) is 6.54 Å². The molecular formula is C20H25N3OS. The number of hydrogen-bond acceptors (Lipinski definition) is 3. The van der Waals surface area contributed by atoms with Gasteiger partial charge in [-0.1, -0.05) is 18.9 Å². The van der Waals surface area contributed by atoms with Gasteiger partial charge in [-0.3, -0.25) is 4.98 Å². The number of aromatic nitrogens is 1. The molecule has 2 aromatic rings. The first kappa shape index (κ1) is 17.7. The summed E-state index contributed by atoms with van der Waals surface area (Å²) >= 11 is 5.73. The number of rotatable bonds is 6. The lowest BCUT2D eigenvalue weighted by atomic mass is 10.2. The minimum atomic E-state index is 0.490. The summed E-state index contributed by atoms with van der Waals surface area (Å²) in [4.78, 5) is 6.76. The number of hydrogen-bond donors (Lipinski definition) is 1. The van der Waals surface area contributed by atoms with E-state index in [0.717, 1.165) is 28.8 Å². The van der Waals surface area contributed by atoms with Gasteiger partial charge in [0, 0.05) is 17.9 Å². The molecule has 0 amide bonds. The molecule has 1 aliphatic carbocycles. The maximum Gasteiger partial charge on any atom is 0.174 e. The molecular weight excluding hydrogens is 330 g/mol. The van der Waals surface area contributed by atoms with Crippen LogP contribution in [0.2, 0.25) is 0 Å². The zero-order valence-corrected chi connectivity index (χ0v) is 15.5. The summed E-state index contributed by atoms with van der Waals surface area (Å²) in [6, 6.07) is 14.5. The van der Waals surface area contributed by atoms with E-state index in [4.69, 9.17) is 17.0 Å². The highest BCUT2D eigenvalue weighted by Gasteiger charge is 2.25. The Kier molecular flexibility index (Phi) is 6.23. The van der Waals surface area contributed by atoms with Crippen molar-refractivity contribution in [2.24, 2.45) is 0 Å². The van der Waals surface area contributed by atoms with Crippen LogP contribution in [0.3, 0.4) is 0 Å². The molecule has 1 aliphatic rings. The fourth-order valence-corrected chi connectivity index (χ4v) is 3.58. The van der Waals surface area contributed by atoms with Crippen LogP contribution < -0.4 is 10.1 Å². The van der Waals surface area contributed by atoms with E-state index in [9.17, 15) is 0 Å². The Bertz CT molecular complexity index is 669. The van der Waals surface area contributed by atoms with Gasteiger partial charge in [0.25, 0.3) is 0 Å². The van der Waals surface area contributed by atoms with Gasteiger partial charge in [-0.25, -0.2) is 0 Å². The Hall–Kier alpha value is -2.14. The van der Waals surface area contributed by atoms with Gasteiger partial charge in [0.1, 0.15) is 5.75 Å². The van der Waals surface area contributed by atoms with Crippen LogP contribution in [0.25, 0.3) is 0 Å². The summed E-state index contributed by atoms with van der Waals surface area (Å²) in [5.74, 6) is 0.875. The normalized spacial score (nSPS) is 14.3. The van der Waals surface area contributed by atoms with Crippen LogP contribution in [-0.4, -0.2) is 27.6 Å². The zero-order chi connectivity index (χ0) is 17.5. The standard InChI is InChI=1S/C20H25N3OS/c1-2-24-19-12-10-16(11-13-19)22-20(25)23(18-8-3-4-9-18)15-17-7-5-6-14-21-17/h5-7,10-14,18H,2-4,8-9,15H2,1H3,(H,22,25). The number of benzene rings is 1. The van der Waals surface area contributed by atoms with E-state index in [-0.39, 0.29) is 0 Å². The summed E-state index contributed by atoms with van der Waals surface area (Å²) in [5.41, 5.74) is 2.03. The Morgan fingerprint density at radius 1 is 1.20 bits per heavy atom. The molecule has 1 heterocycles. The number of pyridine rings is 1. The van der Waals surface area contributed by atoms with Gasteiger partial charge in [-0.05, 0) is 68.4 Å². The topological polar surface area (TPSA) is 37.4 Å². The van der Waals surface area contributed by atoms with Gasteiger partial charge < -0.3 is 15.0 Å². The number of ether oxygens (including phenoxy) is 1. The lowest BCUT2D eigenvalue weighted by molar-refractivity contribution is 0.309.